The van der Waals surface area contributed by atoms with E-state index in [0.717, 1.165) is 0 Å². The van der Waals surface area contributed by atoms with E-state index >= 15 is 0 Å². The van der Waals surface area contributed by atoms with Crippen LogP contribution in [-0.2, 0) is 19.2 Å². The van der Waals surface area contributed by atoms with E-state index in [1.54, 1.807) is 24.3 Å². The topological polar surface area (TPSA) is 135 Å². The van der Waals surface area contributed by atoms with Crippen LogP contribution in [0.5, 0.6) is 11.5 Å². The molecule has 0 heterocycles. The van der Waals surface area contributed by atoms with Gasteiger partial charge in [0.15, 0.2) is 0 Å². The number of rotatable bonds is 8. The summed E-state index contributed by atoms with van der Waals surface area (Å²) >= 11 is 12.2. The predicted molar refractivity (Wildman–Crippen MR) is 135 cm³/mol. The molecule has 2 aromatic rings. The van der Waals surface area contributed by atoms with E-state index in [1.165, 1.54) is 40.2 Å². The van der Waals surface area contributed by atoms with Crippen LogP contribution in [0.2, 0.25) is 10.0 Å². The second-order valence-corrected chi connectivity index (χ2v) is 8.33. The largest absolute Gasteiger partial charge is 0.495 e. The third kappa shape index (κ3) is 5.78. The standard InChI is InChI=1S/C24H22Cl2N4O6/c1-11(31)27-19-21(29-15-9-13(25)5-7-17(15)35-3)24(34)20(28-12(2)32)22(23(19)33)30-16-10-14(26)6-8-18(16)36-4/h5-10,29-30H,1-4H3,(H,27,31)(H,28,32). The van der Waals surface area contributed by atoms with Crippen molar-refractivity contribution in [3.05, 3.63) is 69.2 Å². The molecule has 12 heteroatoms. The molecule has 0 unspecified atom stereocenters. The van der Waals surface area contributed by atoms with Crippen molar-refractivity contribution in [2.45, 2.75) is 13.8 Å². The maximum absolute atomic E-state index is 13.6. The second-order valence-electron chi connectivity index (χ2n) is 7.46. The minimum absolute atomic E-state index is 0.249. The van der Waals surface area contributed by atoms with Crippen molar-refractivity contribution in [1.29, 1.82) is 0 Å². The Labute approximate surface area is 216 Å². The number of ether oxygens (including phenoxy) is 2. The molecule has 1 aliphatic carbocycles. The van der Waals surface area contributed by atoms with E-state index in [1.807, 2.05) is 0 Å². The normalized spacial score (nSPS) is 13.4. The van der Waals surface area contributed by atoms with Gasteiger partial charge in [-0.1, -0.05) is 23.2 Å². The minimum Gasteiger partial charge on any atom is -0.495 e. The number of ketones is 2. The van der Waals surface area contributed by atoms with E-state index < -0.39 is 23.4 Å². The zero-order valence-electron chi connectivity index (χ0n) is 19.7. The van der Waals surface area contributed by atoms with Crippen LogP contribution in [0.4, 0.5) is 11.4 Å². The SMILES string of the molecule is COc1ccc(Cl)cc1NC1=C(NC(C)=O)C(=O)C(Nc2cc(Cl)ccc2OC)=C(NC(C)=O)C1=O. The number of halogens is 2. The third-order valence-corrected chi connectivity index (χ3v) is 5.32. The van der Waals surface area contributed by atoms with Gasteiger partial charge in [-0.05, 0) is 36.4 Å². The highest BCUT2D eigenvalue weighted by molar-refractivity contribution is 6.32. The van der Waals surface area contributed by atoms with Gasteiger partial charge in [0.2, 0.25) is 23.4 Å². The van der Waals surface area contributed by atoms with Crippen molar-refractivity contribution < 1.29 is 28.7 Å². The van der Waals surface area contributed by atoms with E-state index in [0.29, 0.717) is 21.5 Å². The van der Waals surface area contributed by atoms with Crippen LogP contribution in [0.25, 0.3) is 0 Å². The fourth-order valence-corrected chi connectivity index (χ4v) is 3.70. The highest BCUT2D eigenvalue weighted by atomic mass is 35.5. The van der Waals surface area contributed by atoms with Crippen molar-refractivity contribution in [1.82, 2.24) is 10.6 Å². The Morgan fingerprint density at radius 1 is 0.667 bits per heavy atom. The summed E-state index contributed by atoms with van der Waals surface area (Å²) in [6.07, 6.45) is 0. The smallest absolute Gasteiger partial charge is 0.230 e. The Hall–Kier alpha value is -4.02. The molecule has 0 radical (unpaired) electrons. The molecule has 36 heavy (non-hydrogen) atoms. The maximum Gasteiger partial charge on any atom is 0.230 e. The first kappa shape index (κ1) is 26.6. The van der Waals surface area contributed by atoms with Crippen LogP contribution in [0, 0.1) is 0 Å². The summed E-state index contributed by atoms with van der Waals surface area (Å²) in [4.78, 5) is 51.2. The summed E-state index contributed by atoms with van der Waals surface area (Å²) in [5.74, 6) is -2.17. The van der Waals surface area contributed by atoms with Crippen LogP contribution in [-0.4, -0.2) is 37.6 Å². The lowest BCUT2D eigenvalue weighted by Crippen LogP contribution is -2.42. The van der Waals surface area contributed by atoms with Gasteiger partial charge in [0, 0.05) is 23.9 Å². The molecule has 188 valence electrons. The monoisotopic (exact) mass is 532 g/mol. The molecule has 0 aliphatic heterocycles. The van der Waals surface area contributed by atoms with Crippen molar-refractivity contribution in [3.63, 3.8) is 0 Å². The molecule has 0 saturated carbocycles. The molecule has 2 amide bonds. The molecule has 0 spiro atoms. The van der Waals surface area contributed by atoms with Gasteiger partial charge in [-0.2, -0.15) is 0 Å². The fourth-order valence-electron chi connectivity index (χ4n) is 3.36. The lowest BCUT2D eigenvalue weighted by atomic mass is 9.97. The molecule has 0 fully saturated rings. The molecule has 0 bridgehead atoms. The molecule has 0 aromatic heterocycles. The van der Waals surface area contributed by atoms with Crippen LogP contribution in [0.3, 0.4) is 0 Å². The molecular formula is C24H22Cl2N4O6. The molecule has 4 N–H and O–H groups in total. The summed E-state index contributed by atoms with van der Waals surface area (Å²) in [7, 11) is 2.82. The number of anilines is 2. The molecule has 1 aliphatic rings. The van der Waals surface area contributed by atoms with Gasteiger partial charge in [0.1, 0.15) is 34.3 Å². The molecule has 0 atom stereocenters. The van der Waals surface area contributed by atoms with Gasteiger partial charge >= 0.3 is 0 Å². The van der Waals surface area contributed by atoms with E-state index in [2.05, 4.69) is 21.3 Å². The zero-order chi connectivity index (χ0) is 26.6. The molecule has 2 aromatic carbocycles. The number of benzene rings is 2. The minimum atomic E-state index is -0.793. The molecule has 0 saturated heterocycles. The second kappa shape index (κ2) is 11.1. The fraction of sp³-hybridized carbons (Fsp3) is 0.167. The van der Waals surface area contributed by atoms with E-state index in [4.69, 9.17) is 32.7 Å². The van der Waals surface area contributed by atoms with Gasteiger partial charge < -0.3 is 30.7 Å². The van der Waals surface area contributed by atoms with Crippen molar-refractivity contribution in [2.24, 2.45) is 0 Å². The van der Waals surface area contributed by atoms with Gasteiger partial charge in [-0.15, -0.1) is 0 Å². The first-order valence-corrected chi connectivity index (χ1v) is 11.2. The summed E-state index contributed by atoms with van der Waals surface area (Å²) in [6, 6.07) is 9.21. The van der Waals surface area contributed by atoms with Crippen LogP contribution < -0.4 is 30.7 Å². The molecule has 3 rings (SSSR count). The third-order valence-electron chi connectivity index (χ3n) is 4.85. The first-order chi connectivity index (χ1) is 17.0. The Kier molecular flexibility index (Phi) is 8.23. The van der Waals surface area contributed by atoms with Crippen molar-refractivity contribution >= 4 is 58.0 Å². The summed E-state index contributed by atoms with van der Waals surface area (Å²) in [5.41, 5.74) is -0.816. The lowest BCUT2D eigenvalue weighted by Gasteiger charge is -2.26. The number of Topliss-reactive ketones (excluding diaryl/α,β-unsaturated/α-hetero) is 2. The highest BCUT2D eigenvalue weighted by Gasteiger charge is 2.37. The van der Waals surface area contributed by atoms with Gasteiger partial charge in [0.05, 0.1) is 25.6 Å². The Balaban J connectivity index is 2.19. The van der Waals surface area contributed by atoms with Crippen LogP contribution in [0.1, 0.15) is 13.8 Å². The summed E-state index contributed by atoms with van der Waals surface area (Å²) < 4.78 is 10.6. The van der Waals surface area contributed by atoms with Crippen LogP contribution >= 0.6 is 23.2 Å². The van der Waals surface area contributed by atoms with Crippen LogP contribution in [0.15, 0.2) is 59.2 Å². The van der Waals surface area contributed by atoms with Gasteiger partial charge in [-0.25, -0.2) is 0 Å². The van der Waals surface area contributed by atoms with E-state index in [-0.39, 0.29) is 34.2 Å². The lowest BCUT2D eigenvalue weighted by molar-refractivity contribution is -0.122. The first-order valence-electron chi connectivity index (χ1n) is 10.4. The number of carbonyl (C=O) groups is 4. The number of nitrogens with one attached hydrogen (secondary N) is 4. The Bertz CT molecular complexity index is 1230. The van der Waals surface area contributed by atoms with Crippen molar-refractivity contribution in [2.75, 3.05) is 24.9 Å². The van der Waals surface area contributed by atoms with Crippen molar-refractivity contribution in [3.8, 4) is 11.5 Å². The number of carbonyl (C=O) groups excluding carboxylic acids is 4. The number of hydrogen-bond donors (Lipinski definition) is 4. The summed E-state index contributed by atoms with van der Waals surface area (Å²) in [5, 5.41) is 11.1. The Morgan fingerprint density at radius 3 is 1.33 bits per heavy atom. The Morgan fingerprint density at radius 2 is 1.03 bits per heavy atom. The van der Waals surface area contributed by atoms with Gasteiger partial charge in [-0.3, -0.25) is 19.2 Å². The molecule has 10 nitrogen and oxygen atoms in total. The zero-order valence-corrected chi connectivity index (χ0v) is 21.2. The van der Waals surface area contributed by atoms with Gasteiger partial charge in [0.25, 0.3) is 0 Å². The van der Waals surface area contributed by atoms with E-state index in [9.17, 15) is 19.2 Å². The molecular weight excluding hydrogens is 511 g/mol. The predicted octanol–water partition coefficient (Wildman–Crippen LogP) is 3.38. The average Bonchev–Trinajstić information content (AvgIpc) is 2.81. The average molecular weight is 533 g/mol. The summed E-state index contributed by atoms with van der Waals surface area (Å²) in [6.45, 7) is 2.37. The number of methoxy groups -OCH3 is 2. The quantitative estimate of drug-likeness (QED) is 0.380. The number of amides is 2. The number of hydrogen-bond acceptors (Lipinski definition) is 8. The highest BCUT2D eigenvalue weighted by Crippen LogP contribution is 2.34. The maximum atomic E-state index is 13.6.